The number of carboxylic acid groups (broad SMARTS) is 1. The lowest BCUT2D eigenvalue weighted by atomic mass is 9.80. The van der Waals surface area contributed by atoms with Crippen LogP contribution in [0.1, 0.15) is 47.7 Å². The third-order valence-corrected chi connectivity index (χ3v) is 8.10. The fraction of sp³-hybridized carbons (Fsp3) is 0.314. The van der Waals surface area contributed by atoms with Crippen LogP contribution in [-0.4, -0.2) is 59.6 Å². The second kappa shape index (κ2) is 14.5. The quantitative estimate of drug-likeness (QED) is 0.162. The molecular weight excluding hydrogens is 608 g/mol. The van der Waals surface area contributed by atoms with Gasteiger partial charge >= 0.3 is 17.6 Å². The van der Waals surface area contributed by atoms with Crippen molar-refractivity contribution in [3.8, 4) is 11.5 Å². The minimum atomic E-state index is -1.20. The molecule has 1 fully saturated rings. The molecule has 5 rings (SSSR count). The molecule has 1 aliphatic heterocycles. The van der Waals surface area contributed by atoms with Gasteiger partial charge in [0.2, 0.25) is 0 Å². The molecular formula is C35H36N2O10. The Morgan fingerprint density at radius 1 is 0.894 bits per heavy atom. The number of ether oxygens (including phenoxy) is 5. The molecule has 3 atom stereocenters. The Balaban J connectivity index is 1.56. The van der Waals surface area contributed by atoms with Gasteiger partial charge in [0.15, 0.2) is 0 Å². The highest BCUT2D eigenvalue weighted by Gasteiger charge is 2.44. The molecule has 1 aliphatic rings. The molecule has 0 radical (unpaired) electrons. The second-order valence-electron chi connectivity index (χ2n) is 11.1. The van der Waals surface area contributed by atoms with Gasteiger partial charge in [-0.05, 0) is 47.9 Å². The first-order valence-electron chi connectivity index (χ1n) is 15.0. The zero-order valence-electron chi connectivity index (χ0n) is 26.2. The van der Waals surface area contributed by atoms with Gasteiger partial charge < -0.3 is 28.8 Å². The molecule has 0 amide bonds. The number of hydrogen-bond donors (Lipinski definition) is 2. The maximum atomic E-state index is 12.8. The van der Waals surface area contributed by atoms with Gasteiger partial charge in [-0.1, -0.05) is 54.6 Å². The summed E-state index contributed by atoms with van der Waals surface area (Å²) >= 11 is 0. The van der Waals surface area contributed by atoms with E-state index in [9.17, 15) is 19.2 Å². The Kier molecular flexibility index (Phi) is 10.2. The molecule has 0 unspecified atom stereocenters. The molecule has 2 heterocycles. The van der Waals surface area contributed by atoms with Crippen LogP contribution in [0.3, 0.4) is 0 Å². The lowest BCUT2D eigenvalue weighted by Gasteiger charge is -2.37. The summed E-state index contributed by atoms with van der Waals surface area (Å²) in [7, 11) is 3.17. The highest BCUT2D eigenvalue weighted by atomic mass is 16.6. The van der Waals surface area contributed by atoms with Crippen LogP contribution >= 0.6 is 0 Å². The third-order valence-electron chi connectivity index (χ3n) is 8.10. The first kappa shape index (κ1) is 33.2. The molecule has 1 saturated heterocycles. The first-order chi connectivity index (χ1) is 22.6. The summed E-state index contributed by atoms with van der Waals surface area (Å²) in [5.74, 6) is -0.551. The summed E-state index contributed by atoms with van der Waals surface area (Å²) in [6, 6.07) is 24.5. The van der Waals surface area contributed by atoms with E-state index >= 15 is 0 Å². The van der Waals surface area contributed by atoms with E-state index in [0.717, 1.165) is 16.7 Å². The number of H-pyrrole nitrogens is 1. The Morgan fingerprint density at radius 2 is 1.47 bits per heavy atom. The average molecular weight is 645 g/mol. The van der Waals surface area contributed by atoms with E-state index in [4.69, 9.17) is 28.8 Å². The smallest absolute Gasteiger partial charge is 0.330 e. The Morgan fingerprint density at radius 3 is 2.02 bits per heavy atom. The number of benzene rings is 3. The van der Waals surface area contributed by atoms with Crippen molar-refractivity contribution >= 4 is 11.9 Å². The zero-order chi connectivity index (χ0) is 33.6. The van der Waals surface area contributed by atoms with E-state index < -0.39 is 53.6 Å². The summed E-state index contributed by atoms with van der Waals surface area (Å²) in [6.45, 7) is 1.45. The van der Waals surface area contributed by atoms with Gasteiger partial charge in [0, 0.05) is 18.2 Å². The van der Waals surface area contributed by atoms with Crippen molar-refractivity contribution in [2.75, 3.05) is 20.8 Å². The number of carbonyl (C=O) groups is 2. The number of hydrogen-bond acceptors (Lipinski definition) is 9. The number of rotatable bonds is 13. The van der Waals surface area contributed by atoms with Crippen molar-refractivity contribution in [2.24, 2.45) is 0 Å². The summed E-state index contributed by atoms with van der Waals surface area (Å²) in [5, 5.41) is 9.07. The Bertz CT molecular complexity index is 1750. The number of carbonyl (C=O) groups excluding carboxylic acids is 1. The largest absolute Gasteiger partial charge is 0.497 e. The molecule has 12 heteroatoms. The Labute approximate surface area is 270 Å². The highest BCUT2D eigenvalue weighted by Crippen LogP contribution is 2.43. The summed E-state index contributed by atoms with van der Waals surface area (Å²) < 4.78 is 31.1. The number of aromatic nitrogens is 2. The molecule has 4 aromatic rings. The molecule has 2 N–H and O–H groups in total. The zero-order valence-corrected chi connectivity index (χ0v) is 26.2. The van der Waals surface area contributed by atoms with Crippen molar-refractivity contribution in [1.82, 2.24) is 9.55 Å². The number of nitrogens with zero attached hydrogens (tertiary/aromatic N) is 1. The number of carboxylic acids is 1. The predicted octanol–water partition coefficient (Wildman–Crippen LogP) is 3.94. The van der Waals surface area contributed by atoms with Crippen LogP contribution in [0, 0.1) is 6.92 Å². The number of aliphatic carboxylic acids is 1. The van der Waals surface area contributed by atoms with Crippen molar-refractivity contribution in [1.29, 1.82) is 0 Å². The van der Waals surface area contributed by atoms with E-state index in [1.807, 2.05) is 78.9 Å². The van der Waals surface area contributed by atoms with Crippen LogP contribution in [0.5, 0.6) is 11.5 Å². The lowest BCUT2D eigenvalue weighted by molar-refractivity contribution is -0.157. The van der Waals surface area contributed by atoms with Crippen LogP contribution in [0.2, 0.25) is 0 Å². The number of nitrogens with one attached hydrogen (secondary N) is 1. The maximum absolute atomic E-state index is 12.8. The monoisotopic (exact) mass is 644 g/mol. The molecule has 0 aliphatic carbocycles. The molecule has 3 aromatic carbocycles. The van der Waals surface area contributed by atoms with Gasteiger partial charge in [0.25, 0.3) is 5.56 Å². The van der Waals surface area contributed by atoms with Crippen LogP contribution < -0.4 is 20.7 Å². The van der Waals surface area contributed by atoms with Crippen molar-refractivity contribution < 1.29 is 38.4 Å². The van der Waals surface area contributed by atoms with Gasteiger partial charge in [0.1, 0.15) is 35.5 Å². The number of aromatic amines is 1. The van der Waals surface area contributed by atoms with Gasteiger partial charge in [-0.2, -0.15) is 0 Å². The van der Waals surface area contributed by atoms with Crippen LogP contribution in [0.4, 0.5) is 0 Å². The minimum Gasteiger partial charge on any atom is -0.497 e. The summed E-state index contributed by atoms with van der Waals surface area (Å²) in [4.78, 5) is 50.9. The van der Waals surface area contributed by atoms with E-state index in [1.165, 1.54) is 10.8 Å². The van der Waals surface area contributed by atoms with E-state index in [-0.39, 0.29) is 19.4 Å². The van der Waals surface area contributed by atoms with Gasteiger partial charge in [0.05, 0.1) is 33.7 Å². The molecule has 0 bridgehead atoms. The van der Waals surface area contributed by atoms with E-state index in [0.29, 0.717) is 17.1 Å². The second-order valence-corrected chi connectivity index (χ2v) is 11.1. The van der Waals surface area contributed by atoms with Gasteiger partial charge in [-0.25, -0.2) is 4.79 Å². The molecule has 246 valence electrons. The van der Waals surface area contributed by atoms with Crippen molar-refractivity contribution in [3.05, 3.63) is 128 Å². The van der Waals surface area contributed by atoms with Gasteiger partial charge in [-0.3, -0.25) is 23.9 Å². The molecule has 1 aromatic heterocycles. The molecule has 0 saturated carbocycles. The molecule has 12 nitrogen and oxygen atoms in total. The first-order valence-corrected chi connectivity index (χ1v) is 15.0. The fourth-order valence-corrected chi connectivity index (χ4v) is 5.66. The van der Waals surface area contributed by atoms with E-state index in [2.05, 4.69) is 4.98 Å². The summed E-state index contributed by atoms with van der Waals surface area (Å²) in [6.07, 6.45) is -1.98. The molecule has 0 spiro atoms. The fourth-order valence-electron chi connectivity index (χ4n) is 5.66. The van der Waals surface area contributed by atoms with Crippen molar-refractivity contribution in [3.63, 3.8) is 0 Å². The normalized spacial score (nSPS) is 17.6. The maximum Gasteiger partial charge on any atom is 0.330 e. The molecule has 47 heavy (non-hydrogen) atoms. The third kappa shape index (κ3) is 7.29. The standard InChI is InChI=1S/C35H36N2O10/c1-22-20-37(34(42)36-33(22)41)30-19-28(47-32(40)18-17-31(38)39)29(46-30)21-45-35(23-7-5-4-6-8-23,24-9-13-26(43-2)14-10-24)25-11-15-27(44-3)16-12-25/h4-16,20,28-30H,17-19,21H2,1-3H3,(H,38,39)(H,36,41,42)/t28-,29-,30+/m0/s1. The number of esters is 1. The predicted molar refractivity (Wildman–Crippen MR) is 170 cm³/mol. The van der Waals surface area contributed by atoms with Gasteiger partial charge in [-0.15, -0.1) is 0 Å². The van der Waals surface area contributed by atoms with Crippen molar-refractivity contribution in [2.45, 2.75) is 50.2 Å². The van der Waals surface area contributed by atoms with Crippen LogP contribution in [0.25, 0.3) is 0 Å². The van der Waals surface area contributed by atoms with Crippen LogP contribution in [0.15, 0.2) is 94.6 Å². The highest BCUT2D eigenvalue weighted by molar-refractivity contribution is 5.76. The topological polar surface area (TPSA) is 155 Å². The SMILES string of the molecule is COc1ccc(C(OC[C@@H]2O[C@@H](n3cc(C)c(=O)[nH]c3=O)C[C@@H]2OC(=O)CCC(=O)O)(c2ccccc2)c2ccc(OC)cc2)cc1. The number of methoxy groups -OCH3 is 2. The average Bonchev–Trinajstić information content (AvgIpc) is 3.48. The lowest BCUT2D eigenvalue weighted by Crippen LogP contribution is -2.39. The summed E-state index contributed by atoms with van der Waals surface area (Å²) in [5.41, 5.74) is 0.228. The number of aryl methyl sites for hydroxylation is 1. The van der Waals surface area contributed by atoms with E-state index in [1.54, 1.807) is 21.1 Å². The minimum absolute atomic E-state index is 0.0572. The Hall–Kier alpha value is -5.20. The van der Waals surface area contributed by atoms with Crippen LogP contribution in [-0.2, 0) is 29.4 Å².